The molecule has 14 heavy (non-hydrogen) atoms. The van der Waals surface area contributed by atoms with Crippen molar-refractivity contribution in [2.24, 2.45) is 0 Å². The van der Waals surface area contributed by atoms with Gasteiger partial charge < -0.3 is 14.8 Å². The second-order valence-electron chi connectivity index (χ2n) is 3.28. The molecule has 1 aliphatic rings. The van der Waals surface area contributed by atoms with Crippen LogP contribution in [0.2, 0.25) is 0 Å². The summed E-state index contributed by atoms with van der Waals surface area (Å²) in [4.78, 5) is 9.53. The molecule has 1 rings (SSSR count). The Labute approximate surface area is 82.8 Å². The van der Waals surface area contributed by atoms with Gasteiger partial charge in [-0.05, 0) is 6.92 Å². The van der Waals surface area contributed by atoms with Crippen LogP contribution in [0, 0.1) is 0 Å². The monoisotopic (exact) mass is 201 g/mol. The molecule has 0 spiro atoms. The predicted octanol–water partition coefficient (Wildman–Crippen LogP) is 1.12. The van der Waals surface area contributed by atoms with Gasteiger partial charge in [0.15, 0.2) is 0 Å². The number of hydrogen-bond acceptors (Lipinski definition) is 5. The summed E-state index contributed by atoms with van der Waals surface area (Å²) in [5.41, 5.74) is 2.93. The van der Waals surface area contributed by atoms with Crippen LogP contribution in [-0.2, 0) is 14.5 Å². The molecule has 5 nitrogen and oxygen atoms in total. The van der Waals surface area contributed by atoms with E-state index >= 15 is 0 Å². The number of nitrogens with one attached hydrogen (secondary N) is 1. The van der Waals surface area contributed by atoms with Gasteiger partial charge in [0.05, 0.1) is 6.04 Å². The first-order chi connectivity index (χ1) is 6.63. The Morgan fingerprint density at radius 1 is 1.86 bits per heavy atom. The predicted molar refractivity (Wildman–Crippen MR) is 49.2 cm³/mol. The molecule has 0 amide bonds. The van der Waals surface area contributed by atoms with Gasteiger partial charge in [-0.1, -0.05) is 18.7 Å². The molecule has 0 saturated carbocycles. The van der Waals surface area contributed by atoms with Gasteiger partial charge in [0, 0.05) is 6.42 Å². The minimum absolute atomic E-state index is 0.272. The number of hydrogen-bond donors (Lipinski definition) is 2. The highest BCUT2D eigenvalue weighted by Gasteiger charge is 2.50. The third-order valence-corrected chi connectivity index (χ3v) is 2.00. The number of rotatable bonds is 7. The van der Waals surface area contributed by atoms with Gasteiger partial charge in [-0.3, -0.25) is 0 Å². The van der Waals surface area contributed by atoms with E-state index in [1.54, 1.807) is 6.92 Å². The lowest BCUT2D eigenvalue weighted by Crippen LogP contribution is -2.33. The average Bonchev–Trinajstić information content (AvgIpc) is 2.91. The molecule has 1 heterocycles. The van der Waals surface area contributed by atoms with Gasteiger partial charge >= 0.3 is 0 Å². The molecule has 0 bridgehead atoms. The molecule has 1 fully saturated rings. The smallest absolute Gasteiger partial charge is 0.239 e. The van der Waals surface area contributed by atoms with E-state index in [9.17, 15) is 0 Å². The molecule has 80 valence electrons. The van der Waals surface area contributed by atoms with E-state index < -0.39 is 5.79 Å². The maximum Gasteiger partial charge on any atom is 0.239 e. The summed E-state index contributed by atoms with van der Waals surface area (Å²) in [6.07, 6.45) is 1.61. The summed E-state index contributed by atoms with van der Waals surface area (Å²) in [5.74, 6) is -0.770. The summed E-state index contributed by atoms with van der Waals surface area (Å²) in [5, 5.41) is 8.83. The fraction of sp³-hybridized carbons (Fsp3) is 0.556. The highest BCUT2D eigenvalue weighted by Crippen LogP contribution is 2.34. The number of ether oxygens (including phenoxy) is 1. The van der Waals surface area contributed by atoms with Gasteiger partial charge in [0.25, 0.3) is 0 Å². The van der Waals surface area contributed by atoms with Gasteiger partial charge in [-0.25, -0.2) is 0 Å². The second kappa shape index (κ2) is 4.56. The lowest BCUT2D eigenvalue weighted by molar-refractivity contribution is -0.323. The Morgan fingerprint density at radius 2 is 2.50 bits per heavy atom. The normalized spacial score (nSPS) is 26.7. The second-order valence-corrected chi connectivity index (χ2v) is 3.28. The van der Waals surface area contributed by atoms with E-state index in [-0.39, 0.29) is 6.04 Å². The minimum Gasteiger partial charge on any atom is -0.343 e. The zero-order valence-electron chi connectivity index (χ0n) is 8.16. The summed E-state index contributed by atoms with van der Waals surface area (Å²) in [6.45, 7) is 9.31. The van der Waals surface area contributed by atoms with Crippen LogP contribution in [0.1, 0.15) is 13.3 Å². The van der Waals surface area contributed by atoms with Crippen LogP contribution in [0.15, 0.2) is 25.0 Å². The van der Waals surface area contributed by atoms with E-state index in [0.29, 0.717) is 13.0 Å². The summed E-state index contributed by atoms with van der Waals surface area (Å²) in [7, 11) is 0. The van der Waals surface area contributed by atoms with Crippen molar-refractivity contribution in [2.45, 2.75) is 25.2 Å². The van der Waals surface area contributed by atoms with Crippen molar-refractivity contribution >= 4 is 0 Å². The van der Waals surface area contributed by atoms with E-state index in [0.717, 1.165) is 5.57 Å². The van der Waals surface area contributed by atoms with Crippen LogP contribution in [-0.4, -0.2) is 23.6 Å². The molecule has 1 aliphatic heterocycles. The quantitative estimate of drug-likeness (QED) is 0.212. The van der Waals surface area contributed by atoms with E-state index in [1.807, 2.05) is 0 Å². The summed E-state index contributed by atoms with van der Waals surface area (Å²) >= 11 is 0. The largest absolute Gasteiger partial charge is 0.343 e. The highest BCUT2D eigenvalue weighted by atomic mass is 17.2. The maximum absolute atomic E-state index is 8.83. The topological polar surface area (TPSA) is 63.2 Å². The van der Waals surface area contributed by atoms with Crippen LogP contribution in [0.4, 0.5) is 0 Å². The molecule has 0 aromatic heterocycles. The third kappa shape index (κ3) is 2.81. The van der Waals surface area contributed by atoms with Crippen molar-refractivity contribution in [3.05, 3.63) is 25.0 Å². The molecular formula is C9H15NO4. The van der Waals surface area contributed by atoms with Gasteiger partial charge in [0.1, 0.15) is 12.9 Å². The molecule has 0 aromatic carbocycles. The first kappa shape index (κ1) is 11.2. The summed E-state index contributed by atoms with van der Waals surface area (Å²) < 4.78 is 5.09. The maximum atomic E-state index is 8.83. The SMILES string of the molecule is C=COOC1(CC(NO)C(=C)C)CO1. The molecule has 0 aromatic rings. The Hall–Kier alpha value is -0.880. The molecule has 0 aliphatic carbocycles. The van der Waals surface area contributed by atoms with Crippen LogP contribution in [0.5, 0.6) is 0 Å². The third-order valence-electron chi connectivity index (χ3n) is 2.00. The number of epoxide rings is 1. The van der Waals surface area contributed by atoms with Crippen molar-refractivity contribution in [1.82, 2.24) is 5.48 Å². The Kier molecular flexibility index (Phi) is 3.65. The lowest BCUT2D eigenvalue weighted by atomic mass is 10.0. The van der Waals surface area contributed by atoms with Crippen molar-refractivity contribution in [3.63, 3.8) is 0 Å². The van der Waals surface area contributed by atoms with E-state index in [4.69, 9.17) is 14.8 Å². The van der Waals surface area contributed by atoms with Crippen molar-refractivity contribution < 1.29 is 19.7 Å². The molecule has 5 heteroatoms. The Bertz CT molecular complexity index is 225. The fourth-order valence-corrected chi connectivity index (χ4v) is 1.04. The first-order valence-electron chi connectivity index (χ1n) is 4.28. The standard InChI is InChI=1S/C9H15NO4/c1-4-13-14-9(6-12-9)5-8(10-11)7(2)3/h4,8,10-11H,1-2,5-6H2,3H3. The zero-order chi connectivity index (χ0) is 10.6. The van der Waals surface area contributed by atoms with Crippen molar-refractivity contribution in [2.75, 3.05) is 6.61 Å². The van der Waals surface area contributed by atoms with Crippen LogP contribution in [0.25, 0.3) is 0 Å². The fourth-order valence-electron chi connectivity index (χ4n) is 1.04. The Balaban J connectivity index is 2.41. The first-order valence-corrected chi connectivity index (χ1v) is 4.28. The zero-order valence-corrected chi connectivity index (χ0v) is 8.16. The molecular weight excluding hydrogens is 186 g/mol. The van der Waals surface area contributed by atoms with Gasteiger partial charge in [0.2, 0.25) is 5.79 Å². The molecule has 2 atom stereocenters. The summed E-state index contributed by atoms with van der Waals surface area (Å²) in [6, 6.07) is -0.272. The van der Waals surface area contributed by atoms with Crippen molar-refractivity contribution in [3.8, 4) is 0 Å². The van der Waals surface area contributed by atoms with Gasteiger partial charge in [-0.15, -0.1) is 0 Å². The molecule has 2 N–H and O–H groups in total. The van der Waals surface area contributed by atoms with Crippen LogP contribution >= 0.6 is 0 Å². The Morgan fingerprint density at radius 3 is 2.86 bits per heavy atom. The van der Waals surface area contributed by atoms with Crippen LogP contribution in [0.3, 0.4) is 0 Å². The number of hydroxylamine groups is 1. The lowest BCUT2D eigenvalue weighted by Gasteiger charge is -2.18. The highest BCUT2D eigenvalue weighted by molar-refractivity contribution is 5.04. The van der Waals surface area contributed by atoms with E-state index in [2.05, 4.69) is 23.5 Å². The minimum atomic E-state index is -0.770. The van der Waals surface area contributed by atoms with Gasteiger partial charge in [-0.2, -0.15) is 10.4 Å². The van der Waals surface area contributed by atoms with Crippen molar-refractivity contribution in [1.29, 1.82) is 0 Å². The molecule has 0 radical (unpaired) electrons. The van der Waals surface area contributed by atoms with Crippen LogP contribution < -0.4 is 5.48 Å². The van der Waals surface area contributed by atoms with E-state index in [1.165, 1.54) is 6.26 Å². The molecule has 1 saturated heterocycles. The molecule has 2 unspecified atom stereocenters. The average molecular weight is 201 g/mol.